The van der Waals surface area contributed by atoms with Crippen molar-refractivity contribution < 1.29 is 4.79 Å². The van der Waals surface area contributed by atoms with Crippen molar-refractivity contribution in [2.75, 3.05) is 24.5 Å². The van der Waals surface area contributed by atoms with Crippen LogP contribution < -0.4 is 10.6 Å². The lowest BCUT2D eigenvalue weighted by Gasteiger charge is -2.33. The quantitative estimate of drug-likeness (QED) is 0.830. The fourth-order valence-corrected chi connectivity index (χ4v) is 2.64. The Morgan fingerprint density at radius 3 is 2.72 bits per heavy atom. The minimum atomic E-state index is 0.134. The number of ketones is 1. The monoisotopic (exact) mass is 246 g/mol. The molecular weight excluding hydrogens is 224 g/mol. The molecule has 0 aliphatic carbocycles. The zero-order chi connectivity index (χ0) is 13.0. The maximum absolute atomic E-state index is 11.4. The molecule has 0 radical (unpaired) electrons. The van der Waals surface area contributed by atoms with Crippen molar-refractivity contribution in [1.29, 1.82) is 0 Å². The maximum Gasteiger partial charge on any atom is 0.159 e. The number of nitrogens with zero attached hydrogens (tertiary/aromatic N) is 1. The van der Waals surface area contributed by atoms with Crippen LogP contribution >= 0.6 is 0 Å². The number of piperidine rings is 1. The Morgan fingerprint density at radius 2 is 2.11 bits per heavy atom. The first-order valence-electron chi connectivity index (χ1n) is 6.76. The lowest BCUT2D eigenvalue weighted by atomic mass is 9.93. The number of Topliss-reactive ketones (excluding diaryl/α,β-unsaturated/α-hetero) is 1. The van der Waals surface area contributed by atoms with E-state index in [-0.39, 0.29) is 5.78 Å². The lowest BCUT2D eigenvalue weighted by Crippen LogP contribution is -2.34. The SMILES string of the molecule is CC(=O)c1cccc(N2CCC(CCN)CC2)c1. The van der Waals surface area contributed by atoms with Gasteiger partial charge in [-0.05, 0) is 50.8 Å². The number of benzene rings is 1. The first-order valence-corrected chi connectivity index (χ1v) is 6.76. The zero-order valence-electron chi connectivity index (χ0n) is 11.1. The van der Waals surface area contributed by atoms with E-state index >= 15 is 0 Å². The number of hydrogen-bond acceptors (Lipinski definition) is 3. The molecule has 1 saturated heterocycles. The summed E-state index contributed by atoms with van der Waals surface area (Å²) in [6.45, 7) is 4.56. The molecule has 1 aliphatic heterocycles. The van der Waals surface area contributed by atoms with Crippen molar-refractivity contribution >= 4 is 11.5 Å². The third kappa shape index (κ3) is 3.10. The zero-order valence-corrected chi connectivity index (χ0v) is 11.1. The molecule has 2 N–H and O–H groups in total. The molecule has 0 saturated carbocycles. The van der Waals surface area contributed by atoms with Gasteiger partial charge in [0.1, 0.15) is 0 Å². The van der Waals surface area contributed by atoms with Gasteiger partial charge in [-0.3, -0.25) is 4.79 Å². The molecule has 18 heavy (non-hydrogen) atoms. The molecule has 0 amide bonds. The second kappa shape index (κ2) is 6.01. The molecule has 0 aromatic heterocycles. The van der Waals surface area contributed by atoms with Crippen molar-refractivity contribution in [3.63, 3.8) is 0 Å². The summed E-state index contributed by atoms with van der Waals surface area (Å²) in [5.74, 6) is 0.914. The Kier molecular flexibility index (Phi) is 4.37. The van der Waals surface area contributed by atoms with Crippen molar-refractivity contribution in [2.45, 2.75) is 26.2 Å². The molecule has 1 fully saturated rings. The highest BCUT2D eigenvalue weighted by Gasteiger charge is 2.19. The summed E-state index contributed by atoms with van der Waals surface area (Å²) in [6, 6.07) is 7.95. The number of nitrogens with two attached hydrogens (primary N) is 1. The van der Waals surface area contributed by atoms with Crippen molar-refractivity contribution in [3.05, 3.63) is 29.8 Å². The smallest absolute Gasteiger partial charge is 0.159 e. The number of carbonyl (C=O) groups is 1. The number of carbonyl (C=O) groups excluding carboxylic acids is 1. The Morgan fingerprint density at radius 1 is 1.39 bits per heavy atom. The second-order valence-corrected chi connectivity index (χ2v) is 5.11. The topological polar surface area (TPSA) is 46.3 Å². The number of hydrogen-bond donors (Lipinski definition) is 1. The van der Waals surface area contributed by atoms with Crippen LogP contribution in [0.1, 0.15) is 36.5 Å². The fraction of sp³-hybridized carbons (Fsp3) is 0.533. The van der Waals surface area contributed by atoms with Gasteiger partial charge in [-0.15, -0.1) is 0 Å². The Bertz CT molecular complexity index is 409. The summed E-state index contributed by atoms with van der Waals surface area (Å²) < 4.78 is 0. The van der Waals surface area contributed by atoms with Crippen LogP contribution in [0.4, 0.5) is 5.69 Å². The Hall–Kier alpha value is -1.35. The predicted molar refractivity (Wildman–Crippen MR) is 75.1 cm³/mol. The molecule has 1 aromatic rings. The Labute approximate surface area is 109 Å². The van der Waals surface area contributed by atoms with E-state index in [0.717, 1.165) is 37.5 Å². The molecule has 2 rings (SSSR count). The number of rotatable bonds is 4. The third-order valence-corrected chi connectivity index (χ3v) is 3.81. The Balaban J connectivity index is 2.01. The van der Waals surface area contributed by atoms with Crippen LogP contribution in [-0.2, 0) is 0 Å². The van der Waals surface area contributed by atoms with Crippen molar-refractivity contribution in [3.8, 4) is 0 Å². The molecule has 98 valence electrons. The highest BCUT2D eigenvalue weighted by Crippen LogP contribution is 2.25. The molecule has 3 nitrogen and oxygen atoms in total. The van der Waals surface area contributed by atoms with E-state index in [1.165, 1.54) is 18.5 Å². The first-order chi connectivity index (χ1) is 8.70. The van der Waals surface area contributed by atoms with Gasteiger partial charge >= 0.3 is 0 Å². The van der Waals surface area contributed by atoms with Crippen molar-refractivity contribution in [2.24, 2.45) is 11.7 Å². The standard InChI is InChI=1S/C15H22N2O/c1-12(18)14-3-2-4-15(11-14)17-9-6-13(5-8-16)7-10-17/h2-4,11,13H,5-10,16H2,1H3. The van der Waals surface area contributed by atoms with Crippen LogP contribution in [0.5, 0.6) is 0 Å². The summed E-state index contributed by atoms with van der Waals surface area (Å²) >= 11 is 0. The fourth-order valence-electron chi connectivity index (χ4n) is 2.64. The molecule has 1 heterocycles. The molecule has 0 unspecified atom stereocenters. The molecule has 0 atom stereocenters. The van der Waals surface area contributed by atoms with Crippen molar-refractivity contribution in [1.82, 2.24) is 0 Å². The van der Waals surface area contributed by atoms with E-state index in [2.05, 4.69) is 11.0 Å². The summed E-state index contributed by atoms with van der Waals surface area (Å²) in [5, 5.41) is 0. The highest BCUT2D eigenvalue weighted by atomic mass is 16.1. The van der Waals surface area contributed by atoms with Gasteiger partial charge in [0.15, 0.2) is 5.78 Å². The molecule has 1 aliphatic rings. The van der Waals surface area contributed by atoms with Crippen LogP contribution in [0.15, 0.2) is 24.3 Å². The van der Waals surface area contributed by atoms with Crippen LogP contribution in [0, 0.1) is 5.92 Å². The van der Waals surface area contributed by atoms with Gasteiger partial charge < -0.3 is 10.6 Å². The van der Waals surface area contributed by atoms with Crippen LogP contribution in [0.2, 0.25) is 0 Å². The van der Waals surface area contributed by atoms with Gasteiger partial charge in [-0.2, -0.15) is 0 Å². The van der Waals surface area contributed by atoms with E-state index < -0.39 is 0 Å². The summed E-state index contributed by atoms with van der Waals surface area (Å²) in [6.07, 6.45) is 3.56. The lowest BCUT2D eigenvalue weighted by molar-refractivity contribution is 0.101. The van der Waals surface area contributed by atoms with Gasteiger partial charge in [0, 0.05) is 24.3 Å². The molecule has 0 bridgehead atoms. The average molecular weight is 246 g/mol. The molecular formula is C15H22N2O. The van der Waals surface area contributed by atoms with E-state index in [4.69, 9.17) is 5.73 Å². The first kappa shape index (κ1) is 13.1. The molecule has 3 heteroatoms. The maximum atomic E-state index is 11.4. The third-order valence-electron chi connectivity index (χ3n) is 3.81. The van der Waals surface area contributed by atoms with E-state index in [1.54, 1.807) is 6.92 Å². The normalized spacial score (nSPS) is 16.9. The summed E-state index contributed by atoms with van der Waals surface area (Å²) in [7, 11) is 0. The number of anilines is 1. The van der Waals surface area contributed by atoms with Gasteiger partial charge in [-0.25, -0.2) is 0 Å². The molecule has 0 spiro atoms. The van der Waals surface area contributed by atoms with Gasteiger partial charge in [0.05, 0.1) is 0 Å². The minimum Gasteiger partial charge on any atom is -0.371 e. The van der Waals surface area contributed by atoms with Crippen LogP contribution in [0.3, 0.4) is 0 Å². The van der Waals surface area contributed by atoms with Crippen LogP contribution in [-0.4, -0.2) is 25.4 Å². The predicted octanol–water partition coefficient (Wildman–Crippen LogP) is 2.45. The van der Waals surface area contributed by atoms with Crippen LogP contribution in [0.25, 0.3) is 0 Å². The molecule has 1 aromatic carbocycles. The summed E-state index contributed by atoms with van der Waals surface area (Å²) in [4.78, 5) is 13.8. The largest absolute Gasteiger partial charge is 0.371 e. The second-order valence-electron chi connectivity index (χ2n) is 5.11. The van der Waals surface area contributed by atoms with E-state index in [9.17, 15) is 4.79 Å². The van der Waals surface area contributed by atoms with E-state index in [0.29, 0.717) is 0 Å². The van der Waals surface area contributed by atoms with Gasteiger partial charge in [-0.1, -0.05) is 12.1 Å². The van der Waals surface area contributed by atoms with E-state index in [1.807, 2.05) is 18.2 Å². The van der Waals surface area contributed by atoms with Gasteiger partial charge in [0.2, 0.25) is 0 Å². The highest BCUT2D eigenvalue weighted by molar-refractivity contribution is 5.94. The minimum absolute atomic E-state index is 0.134. The average Bonchev–Trinajstić information content (AvgIpc) is 2.40. The van der Waals surface area contributed by atoms with Gasteiger partial charge in [0.25, 0.3) is 0 Å². The summed E-state index contributed by atoms with van der Waals surface area (Å²) in [5.41, 5.74) is 7.58.